The third-order valence-electron chi connectivity index (χ3n) is 2.86. The lowest BCUT2D eigenvalue weighted by molar-refractivity contribution is -0.151. The Bertz CT molecular complexity index is 350. The summed E-state index contributed by atoms with van der Waals surface area (Å²) in [7, 11) is 0. The lowest BCUT2D eigenvalue weighted by atomic mass is 10.1. The number of carbonyl (C=O) groups excluding carboxylic acids is 1. The maximum absolute atomic E-state index is 12.0. The molecule has 0 radical (unpaired) electrons. The molecule has 0 aromatic heterocycles. The summed E-state index contributed by atoms with van der Waals surface area (Å²) < 4.78 is 5.45. The van der Waals surface area contributed by atoms with E-state index in [1.807, 2.05) is 42.2 Å². The summed E-state index contributed by atoms with van der Waals surface area (Å²) in [6, 6.07) is 9.83. The van der Waals surface area contributed by atoms with Crippen molar-refractivity contribution in [1.29, 1.82) is 0 Å². The standard InChI is InChI=1S/C13H17NO2/c1-11-14(8-5-9-16-11)13(15)10-12-6-3-2-4-7-12/h2-4,6-7,11H,5,8-10H2,1H3. The lowest BCUT2D eigenvalue weighted by Gasteiger charge is -2.33. The van der Waals surface area contributed by atoms with Crippen molar-refractivity contribution < 1.29 is 9.53 Å². The third-order valence-corrected chi connectivity index (χ3v) is 2.86. The van der Waals surface area contributed by atoms with Gasteiger partial charge in [-0.15, -0.1) is 0 Å². The number of hydrogen-bond acceptors (Lipinski definition) is 2. The summed E-state index contributed by atoms with van der Waals surface area (Å²) in [5.74, 6) is 0.151. The van der Waals surface area contributed by atoms with Crippen molar-refractivity contribution in [1.82, 2.24) is 4.90 Å². The molecule has 1 heterocycles. The van der Waals surface area contributed by atoms with Gasteiger partial charge in [0.2, 0.25) is 5.91 Å². The fourth-order valence-electron chi connectivity index (χ4n) is 1.96. The maximum atomic E-state index is 12.0. The Balaban J connectivity index is 1.97. The van der Waals surface area contributed by atoms with E-state index < -0.39 is 0 Å². The van der Waals surface area contributed by atoms with Gasteiger partial charge in [-0.25, -0.2) is 0 Å². The van der Waals surface area contributed by atoms with E-state index in [-0.39, 0.29) is 12.1 Å². The molecule has 0 aliphatic carbocycles. The zero-order chi connectivity index (χ0) is 11.4. The highest BCUT2D eigenvalue weighted by Gasteiger charge is 2.23. The van der Waals surface area contributed by atoms with Gasteiger partial charge < -0.3 is 9.64 Å². The Morgan fingerprint density at radius 3 is 2.88 bits per heavy atom. The van der Waals surface area contributed by atoms with Gasteiger partial charge >= 0.3 is 0 Å². The number of amides is 1. The summed E-state index contributed by atoms with van der Waals surface area (Å²) in [5.41, 5.74) is 1.06. The molecule has 1 amide bonds. The van der Waals surface area contributed by atoms with Gasteiger partial charge in [-0.3, -0.25) is 4.79 Å². The molecule has 0 spiro atoms. The predicted molar refractivity (Wildman–Crippen MR) is 61.9 cm³/mol. The molecule has 1 aliphatic heterocycles. The van der Waals surface area contributed by atoms with Crippen molar-refractivity contribution in [2.24, 2.45) is 0 Å². The van der Waals surface area contributed by atoms with Crippen LogP contribution in [0.15, 0.2) is 30.3 Å². The van der Waals surface area contributed by atoms with Crippen LogP contribution in [-0.2, 0) is 16.0 Å². The first-order valence-electron chi connectivity index (χ1n) is 5.72. The van der Waals surface area contributed by atoms with E-state index in [9.17, 15) is 4.79 Å². The molecule has 86 valence electrons. The van der Waals surface area contributed by atoms with Crippen LogP contribution in [0.3, 0.4) is 0 Å². The van der Waals surface area contributed by atoms with E-state index in [2.05, 4.69) is 0 Å². The van der Waals surface area contributed by atoms with Gasteiger partial charge in [0, 0.05) is 6.54 Å². The molecule has 1 aromatic rings. The van der Waals surface area contributed by atoms with Gasteiger partial charge in [-0.2, -0.15) is 0 Å². The van der Waals surface area contributed by atoms with Crippen LogP contribution in [0.5, 0.6) is 0 Å². The van der Waals surface area contributed by atoms with Gasteiger partial charge in [-0.1, -0.05) is 30.3 Å². The topological polar surface area (TPSA) is 29.5 Å². The molecule has 1 atom stereocenters. The minimum Gasteiger partial charge on any atom is -0.359 e. The molecule has 3 heteroatoms. The second-order valence-electron chi connectivity index (χ2n) is 4.07. The Hall–Kier alpha value is -1.35. The molecule has 3 nitrogen and oxygen atoms in total. The van der Waals surface area contributed by atoms with Gasteiger partial charge in [0.15, 0.2) is 0 Å². The highest BCUT2D eigenvalue weighted by molar-refractivity contribution is 5.79. The van der Waals surface area contributed by atoms with Crippen molar-refractivity contribution in [3.63, 3.8) is 0 Å². The average molecular weight is 219 g/mol. The van der Waals surface area contributed by atoms with Crippen molar-refractivity contribution >= 4 is 5.91 Å². The molecule has 0 N–H and O–H groups in total. The van der Waals surface area contributed by atoms with Crippen molar-refractivity contribution in [3.05, 3.63) is 35.9 Å². The van der Waals surface area contributed by atoms with Gasteiger partial charge in [0.05, 0.1) is 13.0 Å². The van der Waals surface area contributed by atoms with Crippen LogP contribution in [0.2, 0.25) is 0 Å². The van der Waals surface area contributed by atoms with E-state index in [0.717, 1.165) is 25.1 Å². The number of rotatable bonds is 2. The molecule has 1 saturated heterocycles. The molecule has 1 fully saturated rings. The van der Waals surface area contributed by atoms with Crippen molar-refractivity contribution in [2.45, 2.75) is 26.0 Å². The molecule has 1 aliphatic rings. The van der Waals surface area contributed by atoms with Crippen LogP contribution in [0.4, 0.5) is 0 Å². The minimum atomic E-state index is -0.0787. The van der Waals surface area contributed by atoms with Crippen LogP contribution in [-0.4, -0.2) is 30.2 Å². The largest absolute Gasteiger partial charge is 0.359 e. The summed E-state index contributed by atoms with van der Waals surface area (Å²) >= 11 is 0. The summed E-state index contributed by atoms with van der Waals surface area (Å²) in [6.45, 7) is 3.51. The van der Waals surface area contributed by atoms with Gasteiger partial charge in [-0.05, 0) is 18.9 Å². The number of carbonyl (C=O) groups is 1. The van der Waals surface area contributed by atoms with Crippen LogP contribution in [0, 0.1) is 0 Å². The monoisotopic (exact) mass is 219 g/mol. The Kier molecular flexibility index (Phi) is 3.57. The first-order chi connectivity index (χ1) is 7.77. The Labute approximate surface area is 96.0 Å². The SMILES string of the molecule is CC1OCCCN1C(=O)Cc1ccccc1. The second-order valence-corrected chi connectivity index (χ2v) is 4.07. The molecule has 0 bridgehead atoms. The fourth-order valence-corrected chi connectivity index (χ4v) is 1.96. The number of benzene rings is 1. The van der Waals surface area contributed by atoms with Crippen LogP contribution >= 0.6 is 0 Å². The highest BCUT2D eigenvalue weighted by Crippen LogP contribution is 2.12. The summed E-state index contributed by atoms with van der Waals surface area (Å²) in [4.78, 5) is 13.8. The quantitative estimate of drug-likeness (QED) is 0.759. The van der Waals surface area contributed by atoms with Crippen molar-refractivity contribution in [2.75, 3.05) is 13.2 Å². The number of ether oxygens (including phenoxy) is 1. The third kappa shape index (κ3) is 2.61. The van der Waals surface area contributed by atoms with Crippen LogP contribution in [0.1, 0.15) is 18.9 Å². The smallest absolute Gasteiger partial charge is 0.229 e. The van der Waals surface area contributed by atoms with Gasteiger partial charge in [0.25, 0.3) is 0 Å². The van der Waals surface area contributed by atoms with Crippen LogP contribution < -0.4 is 0 Å². The summed E-state index contributed by atoms with van der Waals surface area (Å²) in [6.07, 6.45) is 1.32. The molecule has 1 unspecified atom stereocenters. The highest BCUT2D eigenvalue weighted by atomic mass is 16.5. The first-order valence-corrected chi connectivity index (χ1v) is 5.72. The molecule has 0 saturated carbocycles. The molecule has 1 aromatic carbocycles. The van der Waals surface area contributed by atoms with E-state index in [4.69, 9.17) is 4.74 Å². The number of hydrogen-bond donors (Lipinski definition) is 0. The molecule has 2 rings (SSSR count). The maximum Gasteiger partial charge on any atom is 0.229 e. The predicted octanol–water partition coefficient (Wildman–Crippen LogP) is 1.82. The normalized spacial score (nSPS) is 20.8. The fraction of sp³-hybridized carbons (Fsp3) is 0.462. The first kappa shape index (κ1) is 11.1. The van der Waals surface area contributed by atoms with Crippen LogP contribution in [0.25, 0.3) is 0 Å². The van der Waals surface area contributed by atoms with Gasteiger partial charge in [0.1, 0.15) is 6.23 Å². The van der Waals surface area contributed by atoms with E-state index in [1.165, 1.54) is 0 Å². The zero-order valence-corrected chi connectivity index (χ0v) is 9.56. The van der Waals surface area contributed by atoms with E-state index >= 15 is 0 Å². The van der Waals surface area contributed by atoms with E-state index in [1.54, 1.807) is 0 Å². The molecule has 16 heavy (non-hydrogen) atoms. The van der Waals surface area contributed by atoms with Crippen molar-refractivity contribution in [3.8, 4) is 0 Å². The minimum absolute atomic E-state index is 0.0787. The summed E-state index contributed by atoms with van der Waals surface area (Å²) in [5, 5.41) is 0. The van der Waals surface area contributed by atoms with E-state index in [0.29, 0.717) is 6.42 Å². The average Bonchev–Trinajstić information content (AvgIpc) is 2.31. The Morgan fingerprint density at radius 2 is 2.19 bits per heavy atom. The lowest BCUT2D eigenvalue weighted by Crippen LogP contribution is -2.45. The molecular formula is C13H17NO2. The second kappa shape index (κ2) is 5.12. The Morgan fingerprint density at radius 1 is 1.44 bits per heavy atom. The number of nitrogens with zero attached hydrogens (tertiary/aromatic N) is 1. The molecular weight excluding hydrogens is 202 g/mol. The zero-order valence-electron chi connectivity index (χ0n) is 9.56.